The standard InChI is InChI=1S/C24H20N4O3S/c1-15-20(23-26-22(27-31-23)19-12-7-13-32-19)21(16-8-6-11-18(14-16)30-2)25-24(29)28(15)17-9-4-3-5-10-17/h3-14,21H,1-2H3,(H,25,29). The van der Waals surface area contributed by atoms with Gasteiger partial charge in [0.1, 0.15) is 5.75 Å². The van der Waals surface area contributed by atoms with Gasteiger partial charge in [-0.15, -0.1) is 11.3 Å². The summed E-state index contributed by atoms with van der Waals surface area (Å²) in [6.45, 7) is 1.89. The summed E-state index contributed by atoms with van der Waals surface area (Å²) < 4.78 is 11.1. The fraction of sp³-hybridized carbons (Fsp3) is 0.125. The molecule has 5 rings (SSSR count). The molecule has 0 aliphatic carbocycles. The molecule has 4 aromatic rings. The number of urea groups is 1. The SMILES string of the molecule is COc1cccc(C2NC(=O)N(c3ccccc3)C(C)=C2c2nc(-c3cccs3)no2)c1. The minimum atomic E-state index is -0.478. The van der Waals surface area contributed by atoms with Crippen LogP contribution in [0.3, 0.4) is 0 Å². The van der Waals surface area contributed by atoms with Crippen LogP contribution in [-0.2, 0) is 0 Å². The maximum Gasteiger partial charge on any atom is 0.326 e. The lowest BCUT2D eigenvalue weighted by atomic mass is 9.94. The summed E-state index contributed by atoms with van der Waals surface area (Å²) in [5.74, 6) is 1.58. The third-order valence-corrected chi connectivity index (χ3v) is 6.19. The molecular formula is C24H20N4O3S. The summed E-state index contributed by atoms with van der Waals surface area (Å²) in [5.41, 5.74) is 3.06. The van der Waals surface area contributed by atoms with Crippen molar-refractivity contribution in [1.82, 2.24) is 15.5 Å². The number of hydrogen-bond donors (Lipinski definition) is 1. The molecule has 8 heteroatoms. The molecule has 1 aliphatic heterocycles. The van der Waals surface area contributed by atoms with Crippen molar-refractivity contribution in [3.63, 3.8) is 0 Å². The number of benzene rings is 2. The first-order valence-electron chi connectivity index (χ1n) is 10.0. The Morgan fingerprint density at radius 2 is 1.94 bits per heavy atom. The average molecular weight is 445 g/mol. The Kier molecular flexibility index (Phi) is 5.20. The second-order valence-electron chi connectivity index (χ2n) is 7.23. The largest absolute Gasteiger partial charge is 0.497 e. The first-order valence-corrected chi connectivity index (χ1v) is 10.9. The maximum atomic E-state index is 13.2. The zero-order valence-corrected chi connectivity index (χ0v) is 18.3. The van der Waals surface area contributed by atoms with Crippen LogP contribution in [0.25, 0.3) is 16.3 Å². The van der Waals surface area contributed by atoms with Crippen LogP contribution in [0.5, 0.6) is 5.75 Å². The molecule has 0 bridgehead atoms. The molecule has 0 spiro atoms. The minimum Gasteiger partial charge on any atom is -0.497 e. The topological polar surface area (TPSA) is 80.5 Å². The summed E-state index contributed by atoms with van der Waals surface area (Å²) >= 11 is 1.54. The molecular weight excluding hydrogens is 424 g/mol. The van der Waals surface area contributed by atoms with E-state index in [0.717, 1.165) is 21.7 Å². The van der Waals surface area contributed by atoms with Crippen molar-refractivity contribution in [3.8, 4) is 16.5 Å². The van der Waals surface area contributed by atoms with E-state index in [9.17, 15) is 4.79 Å². The van der Waals surface area contributed by atoms with E-state index < -0.39 is 6.04 Å². The highest BCUT2D eigenvalue weighted by Crippen LogP contribution is 2.39. The van der Waals surface area contributed by atoms with E-state index in [0.29, 0.717) is 23.2 Å². The van der Waals surface area contributed by atoms with Crippen LogP contribution >= 0.6 is 11.3 Å². The number of nitrogens with one attached hydrogen (secondary N) is 1. The first-order chi connectivity index (χ1) is 15.7. The molecule has 1 atom stereocenters. The van der Waals surface area contributed by atoms with Gasteiger partial charge < -0.3 is 14.6 Å². The molecule has 160 valence electrons. The van der Waals surface area contributed by atoms with E-state index in [1.807, 2.05) is 79.0 Å². The van der Waals surface area contributed by atoms with E-state index in [-0.39, 0.29) is 6.03 Å². The second kappa shape index (κ2) is 8.32. The second-order valence-corrected chi connectivity index (χ2v) is 8.18. The fourth-order valence-electron chi connectivity index (χ4n) is 3.82. The van der Waals surface area contributed by atoms with E-state index in [2.05, 4.69) is 15.5 Å². The van der Waals surface area contributed by atoms with Gasteiger partial charge in [0.05, 0.1) is 29.3 Å². The van der Waals surface area contributed by atoms with Gasteiger partial charge in [-0.1, -0.05) is 41.6 Å². The molecule has 3 heterocycles. The van der Waals surface area contributed by atoms with Crippen molar-refractivity contribution >= 4 is 28.6 Å². The van der Waals surface area contributed by atoms with Crippen LogP contribution in [0.4, 0.5) is 10.5 Å². The van der Waals surface area contributed by atoms with Gasteiger partial charge in [-0.2, -0.15) is 4.98 Å². The Hall–Kier alpha value is -3.91. The van der Waals surface area contributed by atoms with E-state index in [4.69, 9.17) is 9.26 Å². The number of allylic oxidation sites excluding steroid dienone is 1. The highest BCUT2D eigenvalue weighted by Gasteiger charge is 2.36. The third-order valence-electron chi connectivity index (χ3n) is 5.32. The van der Waals surface area contributed by atoms with Crippen LogP contribution in [0, 0.1) is 0 Å². The maximum absolute atomic E-state index is 13.2. The van der Waals surface area contributed by atoms with Gasteiger partial charge in [-0.05, 0) is 48.2 Å². The van der Waals surface area contributed by atoms with Crippen LogP contribution in [0.15, 0.2) is 82.3 Å². The highest BCUT2D eigenvalue weighted by atomic mass is 32.1. The molecule has 1 aliphatic rings. The van der Waals surface area contributed by atoms with Gasteiger partial charge in [0.15, 0.2) is 0 Å². The molecule has 2 aromatic carbocycles. The van der Waals surface area contributed by atoms with Crippen LogP contribution in [0.1, 0.15) is 24.4 Å². The van der Waals surface area contributed by atoms with Crippen molar-refractivity contribution in [2.75, 3.05) is 12.0 Å². The monoisotopic (exact) mass is 444 g/mol. The first kappa shape index (κ1) is 20.0. The number of thiophene rings is 1. The number of nitrogens with zero attached hydrogens (tertiary/aromatic N) is 3. The van der Waals surface area contributed by atoms with Gasteiger partial charge in [-0.3, -0.25) is 4.90 Å². The lowest BCUT2D eigenvalue weighted by Crippen LogP contribution is -2.46. The quantitative estimate of drug-likeness (QED) is 0.439. The van der Waals surface area contributed by atoms with Gasteiger partial charge in [0.25, 0.3) is 5.89 Å². The third kappa shape index (κ3) is 3.54. The summed E-state index contributed by atoms with van der Waals surface area (Å²) in [6, 6.07) is 20.2. The number of rotatable bonds is 5. The Balaban J connectivity index is 1.67. The van der Waals surface area contributed by atoms with Crippen molar-refractivity contribution in [2.24, 2.45) is 0 Å². The van der Waals surface area contributed by atoms with Gasteiger partial charge in [0, 0.05) is 5.70 Å². The number of methoxy groups -OCH3 is 1. The van der Waals surface area contributed by atoms with Crippen molar-refractivity contribution in [3.05, 3.63) is 89.3 Å². The molecule has 0 radical (unpaired) electrons. The Bertz CT molecular complexity index is 1280. The molecule has 1 unspecified atom stereocenters. The molecule has 32 heavy (non-hydrogen) atoms. The fourth-order valence-corrected chi connectivity index (χ4v) is 4.47. The Morgan fingerprint density at radius 3 is 2.69 bits per heavy atom. The van der Waals surface area contributed by atoms with Gasteiger partial charge in [0.2, 0.25) is 5.82 Å². The van der Waals surface area contributed by atoms with E-state index >= 15 is 0 Å². The molecule has 7 nitrogen and oxygen atoms in total. The van der Waals surface area contributed by atoms with Crippen molar-refractivity contribution in [2.45, 2.75) is 13.0 Å². The van der Waals surface area contributed by atoms with Crippen LogP contribution < -0.4 is 15.0 Å². The predicted octanol–water partition coefficient (Wildman–Crippen LogP) is 5.51. The average Bonchev–Trinajstić information content (AvgIpc) is 3.52. The minimum absolute atomic E-state index is 0.233. The summed E-state index contributed by atoms with van der Waals surface area (Å²) in [7, 11) is 1.61. The molecule has 0 saturated carbocycles. The highest BCUT2D eigenvalue weighted by molar-refractivity contribution is 7.13. The van der Waals surface area contributed by atoms with Gasteiger partial charge in [-0.25, -0.2) is 4.79 Å². The number of amides is 2. The van der Waals surface area contributed by atoms with Gasteiger partial charge >= 0.3 is 6.03 Å². The zero-order valence-electron chi connectivity index (χ0n) is 17.5. The molecule has 1 N–H and O–H groups in total. The molecule has 2 amide bonds. The van der Waals surface area contributed by atoms with Crippen LogP contribution in [0.2, 0.25) is 0 Å². The van der Waals surface area contributed by atoms with E-state index in [1.165, 1.54) is 11.3 Å². The van der Waals surface area contributed by atoms with E-state index in [1.54, 1.807) is 12.0 Å². The van der Waals surface area contributed by atoms with Crippen molar-refractivity contribution < 1.29 is 14.1 Å². The lowest BCUT2D eigenvalue weighted by Gasteiger charge is -2.35. The summed E-state index contributed by atoms with van der Waals surface area (Å²) in [4.78, 5) is 20.4. The smallest absolute Gasteiger partial charge is 0.326 e. The number of anilines is 1. The summed E-state index contributed by atoms with van der Waals surface area (Å²) in [6.07, 6.45) is 0. The Labute approximate surface area is 189 Å². The normalized spacial score (nSPS) is 16.2. The molecule has 2 aromatic heterocycles. The van der Waals surface area contributed by atoms with Crippen LogP contribution in [-0.4, -0.2) is 23.3 Å². The number of carbonyl (C=O) groups excluding carboxylic acids is 1. The lowest BCUT2D eigenvalue weighted by molar-refractivity contribution is 0.244. The number of hydrogen-bond acceptors (Lipinski definition) is 6. The number of aromatic nitrogens is 2. The number of ether oxygens (including phenoxy) is 1. The molecule has 0 saturated heterocycles. The molecule has 0 fully saturated rings. The predicted molar refractivity (Wildman–Crippen MR) is 123 cm³/mol. The Morgan fingerprint density at radius 1 is 1.09 bits per heavy atom. The summed E-state index contributed by atoms with van der Waals surface area (Å²) in [5, 5.41) is 9.25. The van der Waals surface area contributed by atoms with Crippen molar-refractivity contribution in [1.29, 1.82) is 0 Å². The zero-order chi connectivity index (χ0) is 22.1. The number of para-hydroxylation sites is 1. The number of carbonyl (C=O) groups is 1.